The second-order valence-corrected chi connectivity index (χ2v) is 13.3. The molecule has 4 fully saturated rings. The zero-order valence-electron chi connectivity index (χ0n) is 26.1. The van der Waals surface area contributed by atoms with Crippen molar-refractivity contribution in [1.29, 1.82) is 0 Å². The van der Waals surface area contributed by atoms with Crippen LogP contribution in [0.4, 0.5) is 0 Å². The first-order chi connectivity index (χ1) is 20.4. The van der Waals surface area contributed by atoms with E-state index in [1.165, 1.54) is 0 Å². The lowest BCUT2D eigenvalue weighted by molar-refractivity contribution is -0.155. The van der Waals surface area contributed by atoms with Gasteiger partial charge in [0.1, 0.15) is 0 Å². The van der Waals surface area contributed by atoms with Crippen LogP contribution in [-0.2, 0) is 42.8 Å². The molecule has 0 heterocycles. The summed E-state index contributed by atoms with van der Waals surface area (Å²) in [6.07, 6.45) is 13.4. The van der Waals surface area contributed by atoms with E-state index in [4.69, 9.17) is 28.4 Å². The molecule has 0 saturated heterocycles. The van der Waals surface area contributed by atoms with Crippen LogP contribution in [0.5, 0.6) is 0 Å². The molecule has 0 aromatic heterocycles. The number of hydrogen-bond donors (Lipinski definition) is 0. The number of methoxy groups -OCH3 is 3. The molecule has 0 bridgehead atoms. The summed E-state index contributed by atoms with van der Waals surface area (Å²) in [5.74, 6) is -0.0583. The molecule has 42 heavy (non-hydrogen) atoms. The highest BCUT2D eigenvalue weighted by Crippen LogP contribution is 2.36. The Morgan fingerprint density at radius 3 is 0.881 bits per heavy atom. The Morgan fingerprint density at radius 1 is 0.429 bits per heavy atom. The van der Waals surface area contributed by atoms with E-state index < -0.39 is 0 Å². The monoisotopic (exact) mass is 594 g/mol. The summed E-state index contributed by atoms with van der Waals surface area (Å²) in [7, 11) is 5.18. The second-order valence-electron chi connectivity index (χ2n) is 13.3. The third kappa shape index (κ3) is 9.91. The van der Waals surface area contributed by atoms with E-state index in [1.807, 2.05) is 0 Å². The molecule has 0 radical (unpaired) electrons. The van der Waals surface area contributed by atoms with Gasteiger partial charge in [-0.2, -0.15) is 0 Å². The number of carbonyl (C=O) groups excluding carboxylic acids is 3. The third-order valence-electron chi connectivity index (χ3n) is 10.4. The van der Waals surface area contributed by atoms with Gasteiger partial charge in [0, 0.05) is 21.3 Å². The quantitative estimate of drug-likeness (QED) is 0.221. The van der Waals surface area contributed by atoms with Crippen LogP contribution < -0.4 is 0 Å². The molecule has 4 aliphatic carbocycles. The predicted octanol–water partition coefficient (Wildman–Crippen LogP) is 5.26. The minimum atomic E-state index is -0.112. The molecule has 4 saturated carbocycles. The molecule has 0 aromatic carbocycles. The average molecular weight is 595 g/mol. The molecular formula is C33H54O9. The number of rotatable bonds is 12. The zero-order chi connectivity index (χ0) is 29.9. The molecule has 0 amide bonds. The molecule has 4 rings (SSSR count). The summed E-state index contributed by atoms with van der Waals surface area (Å²) in [6.45, 7) is 1.08. The van der Waals surface area contributed by atoms with Gasteiger partial charge in [-0.25, -0.2) is 0 Å². The molecule has 9 heteroatoms. The van der Waals surface area contributed by atoms with Gasteiger partial charge in [-0.3, -0.25) is 14.4 Å². The first kappa shape index (κ1) is 33.2. The van der Waals surface area contributed by atoms with E-state index in [0.29, 0.717) is 19.8 Å². The molecule has 0 aromatic rings. The summed E-state index contributed by atoms with van der Waals surface area (Å²) >= 11 is 0. The minimum absolute atomic E-state index is 0.0603. The smallest absolute Gasteiger partial charge is 0.308 e. The van der Waals surface area contributed by atoms with Gasteiger partial charge in [-0.1, -0.05) is 0 Å². The first-order valence-electron chi connectivity index (χ1n) is 16.5. The molecule has 4 aliphatic rings. The number of carbonyl (C=O) groups is 3. The first-order valence-corrected chi connectivity index (χ1v) is 16.5. The maximum absolute atomic E-state index is 12.8. The highest BCUT2D eigenvalue weighted by molar-refractivity contribution is 5.73. The van der Waals surface area contributed by atoms with Gasteiger partial charge in [0.25, 0.3) is 0 Å². The van der Waals surface area contributed by atoms with Gasteiger partial charge in [0.15, 0.2) is 0 Å². The Bertz CT molecular complexity index is 723. The van der Waals surface area contributed by atoms with Gasteiger partial charge in [-0.05, 0) is 114 Å². The van der Waals surface area contributed by atoms with Gasteiger partial charge < -0.3 is 28.4 Å². The van der Waals surface area contributed by atoms with Crippen molar-refractivity contribution in [3.8, 4) is 0 Å². The van der Waals surface area contributed by atoms with Gasteiger partial charge in [-0.15, -0.1) is 0 Å². The van der Waals surface area contributed by atoms with Crippen molar-refractivity contribution in [2.24, 2.45) is 35.5 Å². The largest absolute Gasteiger partial charge is 0.465 e. The van der Waals surface area contributed by atoms with Crippen LogP contribution in [0, 0.1) is 35.5 Å². The van der Waals surface area contributed by atoms with Crippen molar-refractivity contribution >= 4 is 17.9 Å². The fourth-order valence-electron chi connectivity index (χ4n) is 7.67. The lowest BCUT2D eigenvalue weighted by atomic mass is 9.76. The average Bonchev–Trinajstić information content (AvgIpc) is 3.05. The fourth-order valence-corrected chi connectivity index (χ4v) is 7.67. The normalized spacial score (nSPS) is 35.6. The van der Waals surface area contributed by atoms with E-state index in [2.05, 4.69) is 0 Å². The fraction of sp³-hybridized carbons (Fsp3) is 0.909. The van der Waals surface area contributed by atoms with Crippen LogP contribution >= 0.6 is 0 Å². The van der Waals surface area contributed by atoms with E-state index in [-0.39, 0.29) is 71.7 Å². The van der Waals surface area contributed by atoms with E-state index in [1.54, 1.807) is 21.3 Å². The molecular weight excluding hydrogens is 540 g/mol. The predicted molar refractivity (Wildman–Crippen MR) is 155 cm³/mol. The standard InChI is InChI=1S/C33H54O9/c1-37-28-10-4-25(5-11-28)31(34)40-19-22-16-23(20-41-32(35)26-6-12-29(38-2)13-7-26)18-24(17-22)21-42-33(36)27-8-14-30(39-3)15-9-27/h22-30H,4-21H2,1-3H3. The van der Waals surface area contributed by atoms with Crippen molar-refractivity contribution < 1.29 is 42.8 Å². The van der Waals surface area contributed by atoms with Gasteiger partial charge in [0.2, 0.25) is 0 Å². The summed E-state index contributed by atoms with van der Waals surface area (Å²) in [4.78, 5) is 38.5. The molecule has 9 nitrogen and oxygen atoms in total. The summed E-state index contributed by atoms with van der Waals surface area (Å²) in [5, 5.41) is 0. The summed E-state index contributed by atoms with van der Waals surface area (Å²) in [6, 6.07) is 0. The second kappa shape index (κ2) is 17.0. The van der Waals surface area contributed by atoms with Crippen LogP contribution in [0.3, 0.4) is 0 Å². The van der Waals surface area contributed by atoms with Gasteiger partial charge in [0.05, 0.1) is 55.9 Å². The van der Waals surface area contributed by atoms with Crippen LogP contribution in [0.1, 0.15) is 96.3 Å². The Labute approximate surface area is 252 Å². The van der Waals surface area contributed by atoms with E-state index in [9.17, 15) is 14.4 Å². The summed E-state index contributed by atoms with van der Waals surface area (Å²) in [5.41, 5.74) is 0. The van der Waals surface area contributed by atoms with E-state index >= 15 is 0 Å². The molecule has 0 spiro atoms. The minimum Gasteiger partial charge on any atom is -0.465 e. The zero-order valence-corrected chi connectivity index (χ0v) is 26.1. The van der Waals surface area contributed by atoms with Crippen LogP contribution in [0.15, 0.2) is 0 Å². The van der Waals surface area contributed by atoms with Crippen molar-refractivity contribution in [2.75, 3.05) is 41.2 Å². The van der Waals surface area contributed by atoms with Crippen molar-refractivity contribution in [1.82, 2.24) is 0 Å². The number of hydrogen-bond acceptors (Lipinski definition) is 9. The van der Waals surface area contributed by atoms with Crippen LogP contribution in [0.25, 0.3) is 0 Å². The molecule has 240 valence electrons. The Balaban J connectivity index is 1.27. The molecule has 0 atom stereocenters. The van der Waals surface area contributed by atoms with Crippen molar-refractivity contribution in [3.05, 3.63) is 0 Å². The van der Waals surface area contributed by atoms with Gasteiger partial charge >= 0.3 is 17.9 Å². The molecule has 0 aliphatic heterocycles. The molecule has 0 N–H and O–H groups in total. The highest BCUT2D eigenvalue weighted by atomic mass is 16.5. The van der Waals surface area contributed by atoms with E-state index in [0.717, 1.165) is 96.3 Å². The molecule has 0 unspecified atom stereocenters. The number of ether oxygens (including phenoxy) is 6. The van der Waals surface area contributed by atoms with Crippen molar-refractivity contribution in [3.63, 3.8) is 0 Å². The number of esters is 3. The maximum Gasteiger partial charge on any atom is 0.308 e. The lowest BCUT2D eigenvalue weighted by Crippen LogP contribution is -2.35. The topological polar surface area (TPSA) is 107 Å². The Morgan fingerprint density at radius 2 is 0.667 bits per heavy atom. The maximum atomic E-state index is 12.8. The Kier molecular flexibility index (Phi) is 13.4. The third-order valence-corrected chi connectivity index (χ3v) is 10.4. The summed E-state index contributed by atoms with van der Waals surface area (Å²) < 4.78 is 33.9. The van der Waals surface area contributed by atoms with Crippen LogP contribution in [-0.4, -0.2) is 77.4 Å². The lowest BCUT2D eigenvalue weighted by Gasteiger charge is -2.35. The SMILES string of the molecule is COC1CCC(C(=O)OCC2CC(COC(=O)C3CCC(OC)CC3)CC(COC(=O)C3CCC(OC)CC3)C2)CC1. The van der Waals surface area contributed by atoms with Crippen LogP contribution in [0.2, 0.25) is 0 Å². The highest BCUT2D eigenvalue weighted by Gasteiger charge is 2.35. The van der Waals surface area contributed by atoms with Crippen molar-refractivity contribution in [2.45, 2.75) is 115 Å². The Hall–Kier alpha value is -1.71.